The van der Waals surface area contributed by atoms with Gasteiger partial charge in [-0.25, -0.2) is 4.79 Å². The van der Waals surface area contributed by atoms with E-state index >= 15 is 0 Å². The van der Waals surface area contributed by atoms with Gasteiger partial charge in [0, 0.05) is 31.4 Å². The second kappa shape index (κ2) is 7.83. The molecule has 2 aromatic rings. The number of carbonyl (C=O) groups is 1. The molecule has 1 heterocycles. The fraction of sp³-hybridized carbons (Fsp3) is 0.409. The van der Waals surface area contributed by atoms with Crippen molar-refractivity contribution in [2.24, 2.45) is 0 Å². The van der Waals surface area contributed by atoms with Gasteiger partial charge < -0.3 is 20.6 Å². The van der Waals surface area contributed by atoms with Gasteiger partial charge in [0.05, 0.1) is 17.7 Å². The van der Waals surface area contributed by atoms with E-state index in [9.17, 15) is 23.1 Å². The summed E-state index contributed by atoms with van der Waals surface area (Å²) < 4.78 is 39.0. The molecule has 0 fully saturated rings. The number of carbonyl (C=O) groups excluding carboxylic acids is 1. The number of fused-ring (bicyclic) bond motifs is 2. The van der Waals surface area contributed by atoms with Crippen LogP contribution in [-0.2, 0) is 25.4 Å². The highest BCUT2D eigenvalue weighted by atomic mass is 19.4. The summed E-state index contributed by atoms with van der Waals surface area (Å²) in [5.74, 6) is 0. The van der Waals surface area contributed by atoms with E-state index in [1.165, 1.54) is 6.07 Å². The van der Waals surface area contributed by atoms with Gasteiger partial charge in [0.2, 0.25) is 0 Å². The molecular weight excluding hydrogens is 395 g/mol. The number of nitrogens with one attached hydrogen (secondary N) is 2. The number of benzene rings is 2. The standard InChI is InChI=1S/C22H24F3N3O2/c1-28-12-16(9-14-5-7-15(10-20(14)28)22(23,24)25)26-21(30)27-19-4-2-3-13-6-8-17(29)11-18(13)19/h2-5,7,10,16-17,29H,6,8-9,11-12H2,1H3,(H2,26,27,30). The summed E-state index contributed by atoms with van der Waals surface area (Å²) >= 11 is 0. The summed E-state index contributed by atoms with van der Waals surface area (Å²) in [6.07, 6.45) is -2.34. The first-order valence-electron chi connectivity index (χ1n) is 9.98. The smallest absolute Gasteiger partial charge is 0.393 e. The third kappa shape index (κ3) is 4.23. The van der Waals surface area contributed by atoms with Crippen molar-refractivity contribution in [3.05, 3.63) is 58.7 Å². The highest BCUT2D eigenvalue weighted by Crippen LogP contribution is 2.35. The molecule has 1 aliphatic heterocycles. The average Bonchev–Trinajstić information content (AvgIpc) is 2.67. The lowest BCUT2D eigenvalue weighted by atomic mass is 9.88. The zero-order valence-electron chi connectivity index (χ0n) is 16.6. The van der Waals surface area contributed by atoms with Crippen LogP contribution in [0.15, 0.2) is 36.4 Å². The van der Waals surface area contributed by atoms with Crippen molar-refractivity contribution in [3.8, 4) is 0 Å². The Labute approximate surface area is 172 Å². The number of likely N-dealkylation sites (N-methyl/N-ethyl adjacent to an activating group) is 1. The van der Waals surface area contributed by atoms with E-state index in [1.54, 1.807) is 11.9 Å². The quantitative estimate of drug-likeness (QED) is 0.695. The Hall–Kier alpha value is -2.74. The normalized spacial score (nSPS) is 20.9. The third-order valence-electron chi connectivity index (χ3n) is 5.83. The number of aliphatic hydroxyl groups excluding tert-OH is 1. The number of nitrogens with zero attached hydrogens (tertiary/aromatic N) is 1. The van der Waals surface area contributed by atoms with E-state index in [-0.39, 0.29) is 12.1 Å². The Bertz CT molecular complexity index is 961. The Morgan fingerprint density at radius 3 is 2.73 bits per heavy atom. The number of urea groups is 1. The molecule has 0 aromatic heterocycles. The monoisotopic (exact) mass is 419 g/mol. The number of aliphatic hydroxyl groups is 1. The van der Waals surface area contributed by atoms with Crippen LogP contribution in [0.2, 0.25) is 0 Å². The summed E-state index contributed by atoms with van der Waals surface area (Å²) in [5.41, 5.74) is 3.40. The summed E-state index contributed by atoms with van der Waals surface area (Å²) in [4.78, 5) is 14.3. The first kappa shape index (κ1) is 20.5. The maximum atomic E-state index is 13.0. The number of hydrogen-bond donors (Lipinski definition) is 3. The zero-order chi connectivity index (χ0) is 21.5. The average molecular weight is 419 g/mol. The lowest BCUT2D eigenvalue weighted by Crippen LogP contribution is -2.48. The van der Waals surface area contributed by atoms with E-state index in [2.05, 4.69) is 10.6 Å². The van der Waals surface area contributed by atoms with Crippen LogP contribution < -0.4 is 15.5 Å². The van der Waals surface area contributed by atoms with Crippen LogP contribution in [0.4, 0.5) is 29.3 Å². The number of halogens is 3. The molecule has 0 saturated carbocycles. The van der Waals surface area contributed by atoms with Crippen molar-refractivity contribution in [2.75, 3.05) is 23.8 Å². The molecule has 0 radical (unpaired) electrons. The molecule has 160 valence electrons. The minimum Gasteiger partial charge on any atom is -0.393 e. The first-order chi connectivity index (χ1) is 14.2. The predicted octanol–water partition coefficient (Wildman–Crippen LogP) is 3.74. The van der Waals surface area contributed by atoms with Gasteiger partial charge in [-0.1, -0.05) is 18.2 Å². The summed E-state index contributed by atoms with van der Waals surface area (Å²) in [6.45, 7) is 0.410. The molecule has 2 atom stereocenters. The Morgan fingerprint density at radius 2 is 1.97 bits per heavy atom. The lowest BCUT2D eigenvalue weighted by molar-refractivity contribution is -0.137. The highest BCUT2D eigenvalue weighted by Gasteiger charge is 2.33. The van der Waals surface area contributed by atoms with Gasteiger partial charge in [0.15, 0.2) is 0 Å². The number of rotatable bonds is 2. The van der Waals surface area contributed by atoms with Gasteiger partial charge in [-0.3, -0.25) is 0 Å². The van der Waals surface area contributed by atoms with Crippen LogP contribution in [0, 0.1) is 0 Å². The number of hydrogen-bond acceptors (Lipinski definition) is 3. The molecule has 2 unspecified atom stereocenters. The minimum atomic E-state index is -4.38. The largest absolute Gasteiger partial charge is 0.416 e. The molecule has 8 heteroatoms. The van der Waals surface area contributed by atoms with E-state index in [0.29, 0.717) is 37.2 Å². The molecule has 3 N–H and O–H groups in total. The van der Waals surface area contributed by atoms with Crippen molar-refractivity contribution in [3.63, 3.8) is 0 Å². The maximum Gasteiger partial charge on any atom is 0.416 e. The van der Waals surface area contributed by atoms with Gasteiger partial charge in [-0.05, 0) is 54.2 Å². The van der Waals surface area contributed by atoms with E-state index in [1.807, 2.05) is 18.2 Å². The molecule has 4 rings (SSSR count). The summed E-state index contributed by atoms with van der Waals surface area (Å²) in [7, 11) is 1.72. The molecule has 0 spiro atoms. The molecule has 5 nitrogen and oxygen atoms in total. The van der Waals surface area contributed by atoms with Gasteiger partial charge in [-0.15, -0.1) is 0 Å². The first-order valence-corrected chi connectivity index (χ1v) is 9.98. The molecule has 30 heavy (non-hydrogen) atoms. The Balaban J connectivity index is 1.44. The molecular formula is C22H24F3N3O2. The summed E-state index contributed by atoms with van der Waals surface area (Å²) in [6, 6.07) is 8.83. The number of amides is 2. The van der Waals surface area contributed by atoms with Crippen LogP contribution in [0.1, 0.15) is 28.7 Å². The van der Waals surface area contributed by atoms with Crippen molar-refractivity contribution in [2.45, 2.75) is 44.0 Å². The molecule has 1 aliphatic carbocycles. The molecule has 0 bridgehead atoms. The molecule has 2 amide bonds. The van der Waals surface area contributed by atoms with E-state index in [0.717, 1.165) is 35.2 Å². The fourth-order valence-electron chi connectivity index (χ4n) is 4.35. The van der Waals surface area contributed by atoms with E-state index in [4.69, 9.17) is 0 Å². The van der Waals surface area contributed by atoms with Crippen molar-refractivity contribution in [1.29, 1.82) is 0 Å². The molecule has 2 aliphatic rings. The van der Waals surface area contributed by atoms with Crippen LogP contribution in [0.3, 0.4) is 0 Å². The summed E-state index contributed by atoms with van der Waals surface area (Å²) in [5, 5.41) is 15.8. The number of aryl methyl sites for hydroxylation is 1. The van der Waals surface area contributed by atoms with Gasteiger partial charge >= 0.3 is 12.2 Å². The predicted molar refractivity (Wildman–Crippen MR) is 109 cm³/mol. The third-order valence-corrected chi connectivity index (χ3v) is 5.83. The number of alkyl halides is 3. The number of anilines is 2. The minimum absolute atomic E-state index is 0.232. The van der Waals surface area contributed by atoms with Crippen LogP contribution in [-0.4, -0.2) is 36.9 Å². The van der Waals surface area contributed by atoms with Crippen molar-refractivity contribution < 1.29 is 23.1 Å². The van der Waals surface area contributed by atoms with E-state index < -0.39 is 17.8 Å². The van der Waals surface area contributed by atoms with Crippen molar-refractivity contribution >= 4 is 17.4 Å². The van der Waals surface area contributed by atoms with Gasteiger partial charge in [0.25, 0.3) is 0 Å². The van der Waals surface area contributed by atoms with Crippen LogP contribution >= 0.6 is 0 Å². The Morgan fingerprint density at radius 1 is 1.17 bits per heavy atom. The second-order valence-corrected chi connectivity index (χ2v) is 8.06. The second-order valence-electron chi connectivity index (χ2n) is 8.06. The zero-order valence-corrected chi connectivity index (χ0v) is 16.6. The van der Waals surface area contributed by atoms with Crippen LogP contribution in [0.5, 0.6) is 0 Å². The topological polar surface area (TPSA) is 64.6 Å². The van der Waals surface area contributed by atoms with Gasteiger partial charge in [-0.2, -0.15) is 13.2 Å². The highest BCUT2D eigenvalue weighted by molar-refractivity contribution is 5.90. The Kier molecular flexibility index (Phi) is 5.36. The molecule has 2 aromatic carbocycles. The molecule has 0 saturated heterocycles. The fourth-order valence-corrected chi connectivity index (χ4v) is 4.35. The maximum absolute atomic E-state index is 13.0. The van der Waals surface area contributed by atoms with Crippen molar-refractivity contribution in [1.82, 2.24) is 5.32 Å². The lowest BCUT2D eigenvalue weighted by Gasteiger charge is -2.34. The SMILES string of the molecule is CN1CC(NC(=O)Nc2cccc3c2CC(O)CC3)Cc2ccc(C(F)(F)F)cc21. The van der Waals surface area contributed by atoms with Crippen LogP contribution in [0.25, 0.3) is 0 Å². The van der Waals surface area contributed by atoms with Gasteiger partial charge in [0.1, 0.15) is 0 Å².